The Morgan fingerprint density at radius 2 is 1.91 bits per heavy atom. The Hall–Kier alpha value is -3.11. The van der Waals surface area contributed by atoms with E-state index in [9.17, 15) is 12.8 Å². The maximum atomic E-state index is 13.6. The van der Waals surface area contributed by atoms with Crippen molar-refractivity contribution in [1.82, 2.24) is 15.0 Å². The lowest BCUT2D eigenvalue weighted by molar-refractivity contribution is 0.0985. The highest BCUT2D eigenvalue weighted by Gasteiger charge is 2.58. The number of anilines is 2. The fraction of sp³-hybridized carbons (Fsp3) is 0.348. The van der Waals surface area contributed by atoms with Gasteiger partial charge >= 0.3 is 0 Å². The van der Waals surface area contributed by atoms with Crippen molar-refractivity contribution in [2.45, 2.75) is 35.4 Å². The maximum Gasteiger partial charge on any atom is 0.189 e. The van der Waals surface area contributed by atoms with Gasteiger partial charge < -0.3 is 15.4 Å². The third kappa shape index (κ3) is 3.83. The van der Waals surface area contributed by atoms with Crippen molar-refractivity contribution in [1.29, 1.82) is 0 Å². The normalized spacial score (nSPS) is 19.9. The molecule has 0 amide bonds. The van der Waals surface area contributed by atoms with Crippen LogP contribution in [0.15, 0.2) is 53.6 Å². The highest BCUT2D eigenvalue weighted by Crippen LogP contribution is 2.55. The molecule has 8 nitrogen and oxygen atoms in total. The number of nitrogens with zero attached hydrogens (tertiary/aromatic N) is 4. The molecule has 0 spiro atoms. The molecule has 1 aliphatic heterocycles. The van der Waals surface area contributed by atoms with E-state index < -0.39 is 20.4 Å². The minimum atomic E-state index is -3.80. The minimum Gasteiger partial charge on any atom is -0.384 e. The lowest BCUT2D eigenvalue weighted by atomic mass is 10.2. The Balaban J connectivity index is 1.64. The summed E-state index contributed by atoms with van der Waals surface area (Å²) in [7, 11) is -3.80. The molecule has 2 aromatic heterocycles. The van der Waals surface area contributed by atoms with E-state index in [4.69, 9.17) is 20.4 Å². The van der Waals surface area contributed by atoms with Crippen LogP contribution in [0.3, 0.4) is 0 Å². The average Bonchev–Trinajstić information content (AvgIpc) is 3.63. The summed E-state index contributed by atoms with van der Waals surface area (Å²) in [4.78, 5) is 15.8. The SMILES string of the molecule is C[C@H]1COCCN1c1cc(C2(S(=O)(=O)c3ccc(F)cc3)CC2)nc(-c2ccc(N)nc2)n1. The molecular formula is C23H24FN5O3S. The first kappa shape index (κ1) is 21.7. The fourth-order valence-electron chi connectivity index (χ4n) is 4.16. The molecule has 33 heavy (non-hydrogen) atoms. The van der Waals surface area contributed by atoms with Crippen LogP contribution in [0.5, 0.6) is 0 Å². The van der Waals surface area contributed by atoms with Gasteiger partial charge in [-0.25, -0.2) is 27.8 Å². The monoisotopic (exact) mass is 469 g/mol. The topological polar surface area (TPSA) is 111 Å². The molecule has 2 N–H and O–H groups in total. The van der Waals surface area contributed by atoms with E-state index in [0.717, 1.165) is 12.1 Å². The van der Waals surface area contributed by atoms with Crippen molar-refractivity contribution < 1.29 is 17.5 Å². The van der Waals surface area contributed by atoms with Gasteiger partial charge in [-0.05, 0) is 56.2 Å². The lowest BCUT2D eigenvalue weighted by Crippen LogP contribution is -2.44. The summed E-state index contributed by atoms with van der Waals surface area (Å²) < 4.78 is 45.1. The molecule has 1 atom stereocenters. The lowest BCUT2D eigenvalue weighted by Gasteiger charge is -2.34. The Morgan fingerprint density at radius 3 is 2.55 bits per heavy atom. The highest BCUT2D eigenvalue weighted by atomic mass is 32.2. The number of hydrogen-bond acceptors (Lipinski definition) is 8. The van der Waals surface area contributed by atoms with Gasteiger partial charge in [0.25, 0.3) is 0 Å². The van der Waals surface area contributed by atoms with Gasteiger partial charge in [0, 0.05) is 24.4 Å². The van der Waals surface area contributed by atoms with Crippen LogP contribution in [-0.4, -0.2) is 49.2 Å². The predicted octanol–water partition coefficient (Wildman–Crippen LogP) is 2.95. The zero-order valence-electron chi connectivity index (χ0n) is 18.1. The van der Waals surface area contributed by atoms with E-state index in [1.54, 1.807) is 24.4 Å². The quantitative estimate of drug-likeness (QED) is 0.568. The first-order valence-electron chi connectivity index (χ1n) is 10.8. The third-order valence-electron chi connectivity index (χ3n) is 6.23. The molecule has 0 unspecified atom stereocenters. The van der Waals surface area contributed by atoms with Crippen LogP contribution in [0.4, 0.5) is 16.0 Å². The average molecular weight is 470 g/mol. The van der Waals surface area contributed by atoms with Gasteiger partial charge in [0.2, 0.25) is 0 Å². The van der Waals surface area contributed by atoms with Crippen LogP contribution in [0.25, 0.3) is 11.4 Å². The first-order valence-corrected chi connectivity index (χ1v) is 12.2. The molecule has 172 valence electrons. The molecule has 5 rings (SSSR count). The summed E-state index contributed by atoms with van der Waals surface area (Å²) >= 11 is 0. The Labute approximate surface area is 191 Å². The van der Waals surface area contributed by atoms with Crippen LogP contribution in [-0.2, 0) is 19.3 Å². The van der Waals surface area contributed by atoms with Gasteiger partial charge in [-0.1, -0.05) is 0 Å². The van der Waals surface area contributed by atoms with Gasteiger partial charge in [-0.15, -0.1) is 0 Å². The Kier molecular flexibility index (Phi) is 5.29. The molecule has 3 aromatic rings. The van der Waals surface area contributed by atoms with Crippen molar-refractivity contribution in [3.63, 3.8) is 0 Å². The first-order chi connectivity index (χ1) is 15.8. The number of morpholine rings is 1. The molecule has 3 heterocycles. The Bertz CT molecular complexity index is 1280. The summed E-state index contributed by atoms with van der Waals surface area (Å²) in [5.41, 5.74) is 6.81. The van der Waals surface area contributed by atoms with Gasteiger partial charge in [0.1, 0.15) is 22.2 Å². The van der Waals surface area contributed by atoms with Crippen molar-refractivity contribution in [3.05, 3.63) is 60.2 Å². The number of sulfone groups is 1. The molecular weight excluding hydrogens is 445 g/mol. The van der Waals surface area contributed by atoms with E-state index >= 15 is 0 Å². The Morgan fingerprint density at radius 1 is 1.15 bits per heavy atom. The number of hydrogen-bond donors (Lipinski definition) is 1. The van der Waals surface area contributed by atoms with Gasteiger partial charge in [-0.3, -0.25) is 0 Å². The van der Waals surface area contributed by atoms with Gasteiger partial charge in [-0.2, -0.15) is 0 Å². The second-order valence-corrected chi connectivity index (χ2v) is 10.7. The zero-order chi connectivity index (χ0) is 23.2. The van der Waals surface area contributed by atoms with Crippen LogP contribution in [0.1, 0.15) is 25.5 Å². The van der Waals surface area contributed by atoms with Crippen LogP contribution < -0.4 is 10.6 Å². The predicted molar refractivity (Wildman–Crippen MR) is 122 cm³/mol. The van der Waals surface area contributed by atoms with E-state index in [1.807, 2.05) is 6.92 Å². The molecule has 10 heteroatoms. The second-order valence-electron chi connectivity index (χ2n) is 8.48. The number of benzene rings is 1. The van der Waals surface area contributed by atoms with E-state index in [1.165, 1.54) is 12.1 Å². The van der Waals surface area contributed by atoms with E-state index in [2.05, 4.69) is 9.88 Å². The smallest absolute Gasteiger partial charge is 0.189 e. The third-order valence-corrected chi connectivity index (χ3v) is 8.77. The molecule has 1 aliphatic carbocycles. The van der Waals surface area contributed by atoms with Crippen LogP contribution >= 0.6 is 0 Å². The molecule has 1 saturated carbocycles. The minimum absolute atomic E-state index is 0.0720. The number of aromatic nitrogens is 3. The summed E-state index contributed by atoms with van der Waals surface area (Å²) in [6.45, 7) is 3.78. The summed E-state index contributed by atoms with van der Waals surface area (Å²) in [6.07, 6.45) is 2.44. The summed E-state index contributed by atoms with van der Waals surface area (Å²) in [5, 5.41) is 0. The van der Waals surface area contributed by atoms with Crippen molar-refractivity contribution in [2.75, 3.05) is 30.4 Å². The molecule has 1 aromatic carbocycles. The number of nitrogen functional groups attached to an aromatic ring is 1. The van der Waals surface area contributed by atoms with Gasteiger partial charge in [0.05, 0.1) is 29.8 Å². The van der Waals surface area contributed by atoms with Crippen LogP contribution in [0, 0.1) is 5.82 Å². The molecule has 0 radical (unpaired) electrons. The molecule has 2 aliphatic rings. The highest BCUT2D eigenvalue weighted by molar-refractivity contribution is 7.92. The summed E-state index contributed by atoms with van der Waals surface area (Å²) in [5.74, 6) is 0.912. The van der Waals surface area contributed by atoms with Crippen molar-refractivity contribution >= 4 is 21.5 Å². The van der Waals surface area contributed by atoms with Crippen molar-refractivity contribution in [2.24, 2.45) is 0 Å². The molecule has 0 bridgehead atoms. The second kappa shape index (κ2) is 8.03. The number of ether oxygens (including phenoxy) is 1. The maximum absolute atomic E-state index is 13.6. The van der Waals surface area contributed by atoms with E-state index in [0.29, 0.717) is 61.3 Å². The fourth-order valence-corrected chi connectivity index (χ4v) is 6.13. The zero-order valence-corrected chi connectivity index (χ0v) is 18.9. The van der Waals surface area contributed by atoms with Gasteiger partial charge in [0.15, 0.2) is 15.7 Å². The molecule has 1 saturated heterocycles. The largest absolute Gasteiger partial charge is 0.384 e. The summed E-state index contributed by atoms with van der Waals surface area (Å²) in [6, 6.07) is 10.2. The van der Waals surface area contributed by atoms with Crippen molar-refractivity contribution in [3.8, 4) is 11.4 Å². The number of halogens is 1. The number of pyridine rings is 1. The number of nitrogens with two attached hydrogens (primary N) is 1. The van der Waals surface area contributed by atoms with E-state index in [-0.39, 0.29) is 10.9 Å². The van der Waals surface area contributed by atoms with Crippen LogP contribution in [0.2, 0.25) is 0 Å². The standard InChI is InChI=1S/C23H24FN5O3S/c1-15-14-32-11-10-29(15)21-12-19(27-22(28-21)16-2-7-20(25)26-13-16)23(8-9-23)33(30,31)18-5-3-17(24)4-6-18/h2-7,12-13,15H,8-11,14H2,1H3,(H2,25,26)/t15-/m0/s1. The molecule has 2 fully saturated rings. The number of rotatable bonds is 5.